The number of aromatic amines is 1. The van der Waals surface area contributed by atoms with Crippen LogP contribution in [0.1, 0.15) is 21.5 Å². The van der Waals surface area contributed by atoms with Gasteiger partial charge in [-0.25, -0.2) is 4.68 Å². The third-order valence-electron chi connectivity index (χ3n) is 3.24. The lowest BCUT2D eigenvalue weighted by molar-refractivity contribution is 0.0965. The summed E-state index contributed by atoms with van der Waals surface area (Å²) in [6.07, 6.45) is 0. The number of rotatable bonds is 3. The first-order valence-corrected chi connectivity index (χ1v) is 6.85. The molecule has 0 saturated heterocycles. The van der Waals surface area contributed by atoms with E-state index in [9.17, 15) is 14.4 Å². The van der Waals surface area contributed by atoms with Crippen LogP contribution in [-0.4, -0.2) is 15.6 Å². The summed E-state index contributed by atoms with van der Waals surface area (Å²) in [5, 5.41) is 2.98. The van der Waals surface area contributed by atoms with Gasteiger partial charge in [0.1, 0.15) is 6.54 Å². The Bertz CT molecular complexity index is 837. The molecule has 0 bridgehead atoms. The van der Waals surface area contributed by atoms with E-state index in [4.69, 9.17) is 23.2 Å². The summed E-state index contributed by atoms with van der Waals surface area (Å²) in [6, 6.07) is 4.49. The molecule has 0 aliphatic rings. The minimum atomic E-state index is -0.418. The third kappa shape index (κ3) is 3.09. The predicted octanol–water partition coefficient (Wildman–Crippen LogP) is 2.34. The number of carbonyl (C=O) groups is 1. The lowest BCUT2D eigenvalue weighted by atomic mass is 10.1. The van der Waals surface area contributed by atoms with E-state index in [-0.39, 0.29) is 17.1 Å². The molecule has 0 amide bonds. The van der Waals surface area contributed by atoms with Crippen LogP contribution in [0.2, 0.25) is 10.0 Å². The number of hydrogen-bond donors (Lipinski definition) is 1. The van der Waals surface area contributed by atoms with E-state index >= 15 is 0 Å². The highest BCUT2D eigenvalue weighted by atomic mass is 35.5. The summed E-state index contributed by atoms with van der Waals surface area (Å²) >= 11 is 11.8. The van der Waals surface area contributed by atoms with Crippen LogP contribution in [0, 0.1) is 13.8 Å². The number of carbonyl (C=O) groups excluding carboxylic acids is 1. The van der Waals surface area contributed by atoms with Crippen LogP contribution in [0.25, 0.3) is 0 Å². The summed E-state index contributed by atoms with van der Waals surface area (Å²) in [5.74, 6) is -0.413. The van der Waals surface area contributed by atoms with Crippen LogP contribution in [0.15, 0.2) is 27.8 Å². The fourth-order valence-corrected chi connectivity index (χ4v) is 2.24. The molecule has 1 N–H and O–H groups in total. The average molecular weight is 327 g/mol. The number of aromatic nitrogens is 2. The molecule has 2 rings (SSSR count). The van der Waals surface area contributed by atoms with Gasteiger partial charge in [0.15, 0.2) is 5.78 Å². The number of halogens is 2. The highest BCUT2D eigenvalue weighted by Crippen LogP contribution is 2.21. The fraction of sp³-hybridized carbons (Fsp3) is 0.214. The number of nitrogens with one attached hydrogen (secondary N) is 1. The van der Waals surface area contributed by atoms with E-state index in [1.165, 1.54) is 12.1 Å². The normalized spacial score (nSPS) is 10.7. The van der Waals surface area contributed by atoms with Crippen molar-refractivity contribution in [2.45, 2.75) is 20.4 Å². The number of ketones is 1. The minimum Gasteiger partial charge on any atom is -0.292 e. The zero-order valence-electron chi connectivity index (χ0n) is 11.4. The van der Waals surface area contributed by atoms with Crippen LogP contribution in [0.3, 0.4) is 0 Å². The van der Waals surface area contributed by atoms with Crippen molar-refractivity contribution in [1.82, 2.24) is 9.78 Å². The third-order valence-corrected chi connectivity index (χ3v) is 3.80. The Hall–Kier alpha value is -1.85. The Morgan fingerprint density at radius 3 is 2.52 bits per heavy atom. The highest BCUT2D eigenvalue weighted by molar-refractivity contribution is 6.35. The first-order chi connectivity index (χ1) is 9.81. The molecule has 0 aliphatic carbocycles. The monoisotopic (exact) mass is 326 g/mol. The molecule has 2 aromatic rings. The maximum absolute atomic E-state index is 12.2. The molecule has 0 aliphatic heterocycles. The Labute approximate surface area is 130 Å². The SMILES string of the molecule is Cc1c(C)c(=O)n(CC(=O)c2cc(Cl)ccc2Cl)[nH]c1=O. The van der Waals surface area contributed by atoms with Gasteiger partial charge in [0.2, 0.25) is 0 Å². The number of H-pyrrole nitrogens is 1. The summed E-state index contributed by atoms with van der Waals surface area (Å²) in [6.45, 7) is 2.78. The van der Waals surface area contributed by atoms with E-state index in [1.807, 2.05) is 0 Å². The van der Waals surface area contributed by atoms with Crippen molar-refractivity contribution < 1.29 is 4.79 Å². The van der Waals surface area contributed by atoms with Crippen LogP contribution >= 0.6 is 23.2 Å². The van der Waals surface area contributed by atoms with Gasteiger partial charge < -0.3 is 0 Å². The molecule has 0 saturated carbocycles. The minimum absolute atomic E-state index is 0.204. The number of nitrogens with zero attached hydrogens (tertiary/aromatic N) is 1. The smallest absolute Gasteiger partial charge is 0.268 e. The van der Waals surface area contributed by atoms with Crippen LogP contribution < -0.4 is 11.1 Å². The topological polar surface area (TPSA) is 71.9 Å². The van der Waals surface area contributed by atoms with Crippen LogP contribution in [-0.2, 0) is 6.54 Å². The molecule has 0 spiro atoms. The molecule has 1 heterocycles. The zero-order chi connectivity index (χ0) is 15.7. The first-order valence-electron chi connectivity index (χ1n) is 6.10. The second kappa shape index (κ2) is 5.87. The Kier molecular flexibility index (Phi) is 4.34. The van der Waals surface area contributed by atoms with E-state index in [1.54, 1.807) is 19.9 Å². The van der Waals surface area contributed by atoms with Gasteiger partial charge in [-0.05, 0) is 32.0 Å². The van der Waals surface area contributed by atoms with Gasteiger partial charge in [-0.1, -0.05) is 23.2 Å². The molecule has 1 aromatic heterocycles. The Balaban J connectivity index is 2.43. The van der Waals surface area contributed by atoms with E-state index < -0.39 is 16.9 Å². The molecule has 110 valence electrons. The lowest BCUT2D eigenvalue weighted by Crippen LogP contribution is -2.35. The molecule has 21 heavy (non-hydrogen) atoms. The first kappa shape index (κ1) is 15.5. The molecule has 0 atom stereocenters. The summed E-state index contributed by atoms with van der Waals surface area (Å²) < 4.78 is 0.976. The van der Waals surface area contributed by atoms with Crippen LogP contribution in [0.4, 0.5) is 0 Å². The molecule has 1 aromatic carbocycles. The van der Waals surface area contributed by atoms with Crippen molar-refractivity contribution in [1.29, 1.82) is 0 Å². The van der Waals surface area contributed by atoms with Gasteiger partial charge in [-0.2, -0.15) is 0 Å². The van der Waals surface area contributed by atoms with Crippen molar-refractivity contribution in [3.63, 3.8) is 0 Å². The van der Waals surface area contributed by atoms with Gasteiger partial charge in [0.05, 0.1) is 5.02 Å². The molecular weight excluding hydrogens is 315 g/mol. The summed E-state index contributed by atoms with van der Waals surface area (Å²) in [5.41, 5.74) is 0.0269. The van der Waals surface area contributed by atoms with Crippen molar-refractivity contribution in [2.24, 2.45) is 0 Å². The van der Waals surface area contributed by atoms with E-state index in [0.717, 1.165) is 4.68 Å². The largest absolute Gasteiger partial charge is 0.292 e. The summed E-state index contributed by atoms with van der Waals surface area (Å²) in [4.78, 5) is 35.9. The highest BCUT2D eigenvalue weighted by Gasteiger charge is 2.15. The molecule has 0 radical (unpaired) electrons. The second-order valence-electron chi connectivity index (χ2n) is 4.63. The molecule has 5 nitrogen and oxygen atoms in total. The van der Waals surface area contributed by atoms with Crippen molar-refractivity contribution >= 4 is 29.0 Å². The van der Waals surface area contributed by atoms with Gasteiger partial charge >= 0.3 is 0 Å². The van der Waals surface area contributed by atoms with E-state index in [2.05, 4.69) is 5.10 Å². The fourth-order valence-electron chi connectivity index (χ4n) is 1.84. The average Bonchev–Trinajstić information content (AvgIpc) is 2.45. The van der Waals surface area contributed by atoms with Gasteiger partial charge in [0.25, 0.3) is 11.1 Å². The molecule has 7 heteroatoms. The quantitative estimate of drug-likeness (QED) is 0.880. The summed E-state index contributed by atoms with van der Waals surface area (Å²) in [7, 11) is 0. The number of Topliss-reactive ketones (excluding diaryl/α,β-unsaturated/α-hetero) is 1. The number of benzene rings is 1. The van der Waals surface area contributed by atoms with Crippen molar-refractivity contribution in [3.05, 3.63) is 65.6 Å². The molecule has 0 unspecified atom stereocenters. The second-order valence-corrected chi connectivity index (χ2v) is 5.47. The Morgan fingerprint density at radius 2 is 1.86 bits per heavy atom. The maximum atomic E-state index is 12.2. The van der Waals surface area contributed by atoms with Crippen molar-refractivity contribution in [2.75, 3.05) is 0 Å². The van der Waals surface area contributed by atoms with E-state index in [0.29, 0.717) is 16.1 Å². The maximum Gasteiger partial charge on any atom is 0.268 e. The van der Waals surface area contributed by atoms with Gasteiger partial charge in [-0.3, -0.25) is 19.5 Å². The zero-order valence-corrected chi connectivity index (χ0v) is 12.9. The number of hydrogen-bond acceptors (Lipinski definition) is 3. The Morgan fingerprint density at radius 1 is 1.19 bits per heavy atom. The van der Waals surface area contributed by atoms with Crippen molar-refractivity contribution in [3.8, 4) is 0 Å². The van der Waals surface area contributed by atoms with Gasteiger partial charge in [-0.15, -0.1) is 0 Å². The van der Waals surface area contributed by atoms with Crippen LogP contribution in [0.5, 0.6) is 0 Å². The lowest BCUT2D eigenvalue weighted by Gasteiger charge is -2.08. The standard InChI is InChI=1S/C14H12Cl2N2O3/c1-7-8(2)14(21)18(17-13(7)20)6-12(19)10-5-9(15)3-4-11(10)16/h3-5H,6H2,1-2H3,(H,17,20). The van der Waals surface area contributed by atoms with Gasteiger partial charge in [0, 0.05) is 21.7 Å². The molecule has 0 fully saturated rings. The predicted molar refractivity (Wildman–Crippen MR) is 81.6 cm³/mol. The molecular formula is C14H12Cl2N2O3.